The topological polar surface area (TPSA) is 60.2 Å². The van der Waals surface area contributed by atoms with Crippen molar-refractivity contribution in [3.05, 3.63) is 130 Å². The van der Waals surface area contributed by atoms with E-state index >= 15 is 0 Å². The summed E-state index contributed by atoms with van der Waals surface area (Å²) >= 11 is 1.72. The highest BCUT2D eigenvalue weighted by Crippen LogP contribution is 2.39. The third-order valence-electron chi connectivity index (χ3n) is 7.86. The number of carbonyl (C=O) groups excluding carboxylic acids is 1. The molecule has 1 unspecified atom stereocenters. The van der Waals surface area contributed by atoms with Crippen LogP contribution < -0.4 is 9.64 Å². The molecule has 0 spiro atoms. The molecule has 0 aliphatic heterocycles. The fraction of sp³-hybridized carbons (Fsp3) is 0.286. The van der Waals surface area contributed by atoms with Crippen LogP contribution in [0, 0.1) is 0 Å². The second-order valence-corrected chi connectivity index (χ2v) is 12.2. The average Bonchev–Trinajstić information content (AvgIpc) is 3.71. The number of anilines is 1. The van der Waals surface area contributed by atoms with Crippen LogP contribution in [0.4, 0.5) is 5.69 Å². The Labute approximate surface area is 251 Å². The van der Waals surface area contributed by atoms with Gasteiger partial charge in [0.05, 0.1) is 37.1 Å². The first kappa shape index (κ1) is 27.9. The number of hydrogen-bond acceptors (Lipinski definition) is 5. The molecule has 42 heavy (non-hydrogen) atoms. The van der Waals surface area contributed by atoms with Crippen molar-refractivity contribution in [1.82, 2.24) is 14.8 Å². The fourth-order valence-electron chi connectivity index (χ4n) is 5.64. The van der Waals surface area contributed by atoms with Crippen LogP contribution in [0.2, 0.25) is 0 Å². The van der Waals surface area contributed by atoms with Gasteiger partial charge in [0.15, 0.2) is 0 Å². The zero-order valence-electron chi connectivity index (χ0n) is 24.1. The molecule has 2 aromatic carbocycles. The molecule has 0 fully saturated rings. The molecule has 1 amide bonds. The number of amides is 1. The molecule has 0 N–H and O–H groups in total. The Morgan fingerprint density at radius 1 is 1.02 bits per heavy atom. The smallest absolute Gasteiger partial charge is 0.234 e. The quantitative estimate of drug-likeness (QED) is 0.171. The molecule has 1 aliphatic rings. The predicted molar refractivity (Wildman–Crippen MR) is 168 cm³/mol. The van der Waals surface area contributed by atoms with E-state index in [0.29, 0.717) is 19.1 Å². The number of ether oxygens (including phenoxy) is 1. The number of aromatic nitrogens is 3. The molecular formula is C35H36N4O2S. The highest BCUT2D eigenvalue weighted by Gasteiger charge is 2.32. The number of nitrogens with zero attached hydrogens (tertiary/aromatic N) is 4. The minimum absolute atomic E-state index is 0.0845. The highest BCUT2D eigenvalue weighted by atomic mass is 32.1. The molecule has 0 saturated heterocycles. The van der Waals surface area contributed by atoms with E-state index in [2.05, 4.69) is 54.7 Å². The molecule has 6 rings (SSSR count). The van der Waals surface area contributed by atoms with E-state index in [0.717, 1.165) is 65.2 Å². The largest absolute Gasteiger partial charge is 0.489 e. The molecule has 1 atom stereocenters. The molecule has 3 aromatic heterocycles. The van der Waals surface area contributed by atoms with Gasteiger partial charge in [0.2, 0.25) is 5.91 Å². The zero-order chi connectivity index (χ0) is 28.9. The summed E-state index contributed by atoms with van der Waals surface area (Å²) in [6, 6.07) is 24.6. The van der Waals surface area contributed by atoms with Crippen molar-refractivity contribution in [2.45, 2.75) is 64.6 Å². The summed E-state index contributed by atoms with van der Waals surface area (Å²) in [7, 11) is 0. The van der Waals surface area contributed by atoms with Crippen LogP contribution in [0.5, 0.6) is 5.75 Å². The van der Waals surface area contributed by atoms with E-state index < -0.39 is 0 Å². The van der Waals surface area contributed by atoms with Crippen molar-refractivity contribution in [2.75, 3.05) is 4.90 Å². The van der Waals surface area contributed by atoms with Gasteiger partial charge in [-0.3, -0.25) is 14.5 Å². The number of benzene rings is 2. The SMILES string of the molecule is CC(C)c1ccc(N(Cc2cnn(Cc3cccs3)c2)C(=O)C2CCCc3c(OCc4ccccc4)cccc32)cn1. The Morgan fingerprint density at radius 3 is 2.67 bits per heavy atom. The lowest BCUT2D eigenvalue weighted by Gasteiger charge is -2.31. The van der Waals surface area contributed by atoms with Crippen molar-refractivity contribution in [3.8, 4) is 5.75 Å². The third-order valence-corrected chi connectivity index (χ3v) is 8.73. The number of pyridine rings is 1. The van der Waals surface area contributed by atoms with Gasteiger partial charge in [-0.15, -0.1) is 11.3 Å². The molecule has 5 aromatic rings. The fourth-order valence-corrected chi connectivity index (χ4v) is 6.34. The maximum atomic E-state index is 14.5. The summed E-state index contributed by atoms with van der Waals surface area (Å²) < 4.78 is 8.24. The Hall–Kier alpha value is -4.23. The lowest BCUT2D eigenvalue weighted by Crippen LogP contribution is -2.36. The average molecular weight is 577 g/mol. The molecule has 3 heterocycles. The minimum Gasteiger partial charge on any atom is -0.489 e. The molecule has 7 heteroatoms. The maximum Gasteiger partial charge on any atom is 0.234 e. The Balaban J connectivity index is 1.28. The van der Waals surface area contributed by atoms with Crippen LogP contribution in [0.15, 0.2) is 96.8 Å². The Bertz CT molecular complexity index is 1610. The molecule has 0 saturated carbocycles. The zero-order valence-corrected chi connectivity index (χ0v) is 25.0. The van der Waals surface area contributed by atoms with Crippen LogP contribution in [0.1, 0.15) is 71.3 Å². The summed E-state index contributed by atoms with van der Waals surface area (Å²) in [5.74, 6) is 1.03. The Kier molecular flexibility index (Phi) is 8.47. The van der Waals surface area contributed by atoms with Crippen molar-refractivity contribution in [3.63, 3.8) is 0 Å². The van der Waals surface area contributed by atoms with Gasteiger partial charge in [-0.1, -0.05) is 62.4 Å². The first-order valence-electron chi connectivity index (χ1n) is 14.6. The lowest BCUT2D eigenvalue weighted by molar-refractivity contribution is -0.120. The van der Waals surface area contributed by atoms with Crippen LogP contribution in [0.3, 0.4) is 0 Å². The van der Waals surface area contributed by atoms with Gasteiger partial charge in [0.1, 0.15) is 12.4 Å². The number of rotatable bonds is 10. The third kappa shape index (κ3) is 6.31. The summed E-state index contributed by atoms with van der Waals surface area (Å²) in [4.78, 5) is 22.3. The van der Waals surface area contributed by atoms with Crippen molar-refractivity contribution < 1.29 is 9.53 Å². The number of fused-ring (bicyclic) bond motifs is 1. The first-order valence-corrected chi connectivity index (χ1v) is 15.5. The summed E-state index contributed by atoms with van der Waals surface area (Å²) in [5, 5.41) is 6.67. The molecule has 6 nitrogen and oxygen atoms in total. The highest BCUT2D eigenvalue weighted by molar-refractivity contribution is 7.09. The maximum absolute atomic E-state index is 14.5. The van der Waals surface area contributed by atoms with Gasteiger partial charge in [-0.25, -0.2) is 0 Å². The van der Waals surface area contributed by atoms with Crippen LogP contribution in [0.25, 0.3) is 0 Å². The van der Waals surface area contributed by atoms with Gasteiger partial charge < -0.3 is 9.64 Å². The van der Waals surface area contributed by atoms with E-state index in [9.17, 15) is 4.79 Å². The lowest BCUT2D eigenvalue weighted by atomic mass is 9.81. The van der Waals surface area contributed by atoms with Crippen molar-refractivity contribution in [2.24, 2.45) is 0 Å². The number of hydrogen-bond donors (Lipinski definition) is 0. The standard InChI is InChI=1S/C35H36N4O2S/c1-25(2)33-17-16-28(20-36-33)39(22-27-19-37-38(21-27)23-29-11-8-18-42-29)35(40)32-14-6-13-31-30(32)12-7-15-34(31)41-24-26-9-4-3-5-10-26/h3-5,7-12,15-21,25,32H,6,13-14,22-24H2,1-2H3. The van der Waals surface area contributed by atoms with E-state index in [1.165, 1.54) is 4.88 Å². The van der Waals surface area contributed by atoms with E-state index in [1.54, 1.807) is 11.3 Å². The summed E-state index contributed by atoms with van der Waals surface area (Å²) in [5.41, 5.74) is 6.15. The first-order chi connectivity index (χ1) is 20.5. The normalized spacial score (nSPS) is 14.5. The molecule has 0 bridgehead atoms. The van der Waals surface area contributed by atoms with Crippen molar-refractivity contribution in [1.29, 1.82) is 0 Å². The Morgan fingerprint density at radius 2 is 1.90 bits per heavy atom. The molecule has 0 radical (unpaired) electrons. The molecular weight excluding hydrogens is 540 g/mol. The van der Waals surface area contributed by atoms with Gasteiger partial charge in [0.25, 0.3) is 0 Å². The van der Waals surface area contributed by atoms with Gasteiger partial charge in [-0.2, -0.15) is 5.10 Å². The van der Waals surface area contributed by atoms with Gasteiger partial charge in [-0.05, 0) is 71.5 Å². The summed E-state index contributed by atoms with van der Waals surface area (Å²) in [6.45, 7) is 5.91. The van der Waals surface area contributed by atoms with Crippen LogP contribution in [-0.2, 0) is 30.9 Å². The van der Waals surface area contributed by atoms with Crippen LogP contribution in [-0.4, -0.2) is 20.7 Å². The predicted octanol–water partition coefficient (Wildman–Crippen LogP) is 7.74. The summed E-state index contributed by atoms with van der Waals surface area (Å²) in [6.07, 6.45) is 8.40. The van der Waals surface area contributed by atoms with Crippen LogP contribution >= 0.6 is 11.3 Å². The number of thiophene rings is 1. The van der Waals surface area contributed by atoms with Crippen molar-refractivity contribution >= 4 is 22.9 Å². The number of carbonyl (C=O) groups is 1. The monoisotopic (exact) mass is 576 g/mol. The van der Waals surface area contributed by atoms with Gasteiger partial charge in [0, 0.05) is 22.3 Å². The van der Waals surface area contributed by atoms with E-state index in [1.807, 2.05) is 70.6 Å². The second kappa shape index (κ2) is 12.7. The molecule has 1 aliphatic carbocycles. The van der Waals surface area contributed by atoms with Gasteiger partial charge >= 0.3 is 0 Å². The van der Waals surface area contributed by atoms with E-state index in [-0.39, 0.29) is 11.8 Å². The molecule has 214 valence electrons. The minimum atomic E-state index is -0.250. The van der Waals surface area contributed by atoms with E-state index in [4.69, 9.17) is 9.72 Å². The second-order valence-electron chi connectivity index (χ2n) is 11.2.